The fourth-order valence-corrected chi connectivity index (χ4v) is 1.22. The van der Waals surface area contributed by atoms with Crippen molar-refractivity contribution < 1.29 is 9.26 Å². The van der Waals surface area contributed by atoms with Crippen molar-refractivity contribution in [1.82, 2.24) is 5.16 Å². The van der Waals surface area contributed by atoms with Gasteiger partial charge in [0, 0.05) is 6.07 Å². The number of halogens is 1. The Morgan fingerprint density at radius 2 is 2.14 bits per heavy atom. The van der Waals surface area contributed by atoms with Crippen LogP contribution in [0.5, 0.6) is 5.75 Å². The predicted molar refractivity (Wildman–Crippen MR) is 52.3 cm³/mol. The Balaban J connectivity index is 2.02. The molecule has 72 valence electrons. The Morgan fingerprint density at radius 1 is 1.29 bits per heavy atom. The fraction of sp³-hybridized carbons (Fsp3) is 0.100. The van der Waals surface area contributed by atoms with E-state index in [2.05, 4.69) is 9.68 Å². The highest BCUT2D eigenvalue weighted by molar-refractivity contribution is 6.32. The molecule has 0 bridgehead atoms. The molecule has 0 atom stereocenters. The van der Waals surface area contributed by atoms with E-state index in [1.807, 2.05) is 18.2 Å². The van der Waals surface area contributed by atoms with Gasteiger partial charge < -0.3 is 9.26 Å². The molecule has 0 spiro atoms. The zero-order valence-electron chi connectivity index (χ0n) is 7.31. The van der Waals surface area contributed by atoms with Gasteiger partial charge in [0.2, 0.25) is 0 Å². The van der Waals surface area contributed by atoms with E-state index in [1.165, 1.54) is 6.26 Å². The molecule has 0 unspecified atom stereocenters. The number of para-hydroxylation sites is 1. The van der Waals surface area contributed by atoms with Crippen molar-refractivity contribution >= 4 is 11.6 Å². The summed E-state index contributed by atoms with van der Waals surface area (Å²) < 4.78 is 10.1. The highest BCUT2D eigenvalue weighted by atomic mass is 35.5. The van der Waals surface area contributed by atoms with Crippen molar-refractivity contribution in [3.05, 3.63) is 47.3 Å². The minimum Gasteiger partial charge on any atom is -0.486 e. The lowest BCUT2D eigenvalue weighted by Gasteiger charge is -2.04. The lowest BCUT2D eigenvalue weighted by molar-refractivity contribution is 0.289. The first-order valence-electron chi connectivity index (χ1n) is 4.13. The van der Waals surface area contributed by atoms with Crippen LogP contribution >= 0.6 is 11.6 Å². The Labute approximate surface area is 86.2 Å². The number of rotatable bonds is 3. The number of hydrogen-bond donors (Lipinski definition) is 0. The van der Waals surface area contributed by atoms with Gasteiger partial charge in [-0.3, -0.25) is 0 Å². The Hall–Kier alpha value is -1.48. The summed E-state index contributed by atoms with van der Waals surface area (Å²) in [6.07, 6.45) is 1.51. The second-order valence-electron chi connectivity index (χ2n) is 2.71. The molecule has 0 aliphatic heterocycles. The monoisotopic (exact) mass is 209 g/mol. The molecule has 0 aliphatic rings. The molecule has 4 heteroatoms. The standard InChI is InChI=1S/C10H8ClNO2/c11-9-3-1-2-4-10(9)13-7-8-5-6-14-12-8/h1-6H,7H2. The highest BCUT2D eigenvalue weighted by Gasteiger charge is 2.01. The first-order valence-corrected chi connectivity index (χ1v) is 4.50. The van der Waals surface area contributed by atoms with Crippen molar-refractivity contribution in [1.29, 1.82) is 0 Å². The molecule has 0 radical (unpaired) electrons. The van der Waals surface area contributed by atoms with Gasteiger partial charge in [0.05, 0.1) is 5.02 Å². The van der Waals surface area contributed by atoms with E-state index >= 15 is 0 Å². The molecule has 0 aliphatic carbocycles. The first kappa shape index (κ1) is 9.09. The van der Waals surface area contributed by atoms with Gasteiger partial charge in [-0.05, 0) is 12.1 Å². The topological polar surface area (TPSA) is 35.3 Å². The predicted octanol–water partition coefficient (Wildman–Crippen LogP) is 2.91. The van der Waals surface area contributed by atoms with E-state index in [-0.39, 0.29) is 0 Å². The normalized spacial score (nSPS) is 10.1. The number of nitrogens with zero attached hydrogens (tertiary/aromatic N) is 1. The molecule has 0 N–H and O–H groups in total. The molecule has 2 aromatic rings. The van der Waals surface area contributed by atoms with E-state index < -0.39 is 0 Å². The van der Waals surface area contributed by atoms with Crippen molar-refractivity contribution in [2.24, 2.45) is 0 Å². The van der Waals surface area contributed by atoms with Crippen molar-refractivity contribution in [3.63, 3.8) is 0 Å². The summed E-state index contributed by atoms with van der Waals surface area (Å²) in [5.74, 6) is 0.650. The van der Waals surface area contributed by atoms with Crippen LogP contribution in [0.4, 0.5) is 0 Å². The average molecular weight is 210 g/mol. The van der Waals surface area contributed by atoms with Crippen molar-refractivity contribution in [2.45, 2.75) is 6.61 Å². The number of benzene rings is 1. The SMILES string of the molecule is Clc1ccccc1OCc1ccon1. The van der Waals surface area contributed by atoms with Crippen LogP contribution in [-0.4, -0.2) is 5.16 Å². The molecule has 1 heterocycles. The summed E-state index contributed by atoms with van der Waals surface area (Å²) in [7, 11) is 0. The molecule has 0 amide bonds. The van der Waals surface area contributed by atoms with E-state index in [1.54, 1.807) is 12.1 Å². The van der Waals surface area contributed by atoms with E-state index in [9.17, 15) is 0 Å². The Morgan fingerprint density at radius 3 is 2.86 bits per heavy atom. The largest absolute Gasteiger partial charge is 0.486 e. The highest BCUT2D eigenvalue weighted by Crippen LogP contribution is 2.23. The summed E-state index contributed by atoms with van der Waals surface area (Å²) >= 11 is 5.90. The second kappa shape index (κ2) is 4.15. The van der Waals surface area contributed by atoms with Crippen LogP contribution in [-0.2, 0) is 6.61 Å². The number of aromatic nitrogens is 1. The molecular formula is C10H8ClNO2. The van der Waals surface area contributed by atoms with Crippen LogP contribution < -0.4 is 4.74 Å². The lowest BCUT2D eigenvalue weighted by atomic mass is 10.3. The molecule has 0 fully saturated rings. The van der Waals surface area contributed by atoms with Crippen LogP contribution in [0, 0.1) is 0 Å². The quantitative estimate of drug-likeness (QED) is 0.780. The van der Waals surface area contributed by atoms with Gasteiger partial charge in [-0.2, -0.15) is 0 Å². The molecule has 0 saturated heterocycles. The van der Waals surface area contributed by atoms with E-state index in [0.29, 0.717) is 17.4 Å². The Kier molecular flexibility index (Phi) is 2.70. The van der Waals surface area contributed by atoms with E-state index in [0.717, 1.165) is 5.69 Å². The molecule has 1 aromatic heterocycles. The zero-order chi connectivity index (χ0) is 9.80. The maximum absolute atomic E-state index is 5.90. The molecule has 2 rings (SSSR count). The molecule has 3 nitrogen and oxygen atoms in total. The minimum absolute atomic E-state index is 0.361. The smallest absolute Gasteiger partial charge is 0.138 e. The lowest BCUT2D eigenvalue weighted by Crippen LogP contribution is -1.95. The first-order chi connectivity index (χ1) is 6.86. The number of hydrogen-bond acceptors (Lipinski definition) is 3. The maximum Gasteiger partial charge on any atom is 0.138 e. The van der Waals surface area contributed by atoms with Gasteiger partial charge in [0.15, 0.2) is 0 Å². The second-order valence-corrected chi connectivity index (χ2v) is 3.12. The van der Waals surface area contributed by atoms with Crippen LogP contribution in [0.1, 0.15) is 5.69 Å². The van der Waals surface area contributed by atoms with E-state index in [4.69, 9.17) is 16.3 Å². The van der Waals surface area contributed by atoms with Gasteiger partial charge in [0.1, 0.15) is 24.3 Å². The van der Waals surface area contributed by atoms with Crippen LogP contribution in [0.25, 0.3) is 0 Å². The van der Waals surface area contributed by atoms with Gasteiger partial charge in [-0.1, -0.05) is 28.9 Å². The Bertz CT molecular complexity index is 400. The summed E-state index contributed by atoms with van der Waals surface area (Å²) in [6, 6.07) is 9.05. The number of ether oxygens (including phenoxy) is 1. The summed E-state index contributed by atoms with van der Waals surface area (Å²) in [6.45, 7) is 0.361. The van der Waals surface area contributed by atoms with Gasteiger partial charge >= 0.3 is 0 Å². The fourth-order valence-electron chi connectivity index (χ4n) is 1.03. The zero-order valence-corrected chi connectivity index (χ0v) is 8.07. The summed E-state index contributed by atoms with van der Waals surface area (Å²) in [5, 5.41) is 4.31. The molecule has 0 saturated carbocycles. The van der Waals surface area contributed by atoms with Crippen LogP contribution in [0.3, 0.4) is 0 Å². The third-order valence-electron chi connectivity index (χ3n) is 1.70. The van der Waals surface area contributed by atoms with Crippen LogP contribution in [0.15, 0.2) is 41.1 Å². The third kappa shape index (κ3) is 2.06. The minimum atomic E-state index is 0.361. The molecular weight excluding hydrogens is 202 g/mol. The van der Waals surface area contributed by atoms with Gasteiger partial charge in [-0.15, -0.1) is 0 Å². The molecule has 1 aromatic carbocycles. The maximum atomic E-state index is 5.90. The van der Waals surface area contributed by atoms with Gasteiger partial charge in [-0.25, -0.2) is 0 Å². The third-order valence-corrected chi connectivity index (χ3v) is 2.02. The van der Waals surface area contributed by atoms with Crippen molar-refractivity contribution in [3.8, 4) is 5.75 Å². The summed E-state index contributed by atoms with van der Waals surface area (Å²) in [5.41, 5.74) is 0.741. The summed E-state index contributed by atoms with van der Waals surface area (Å²) in [4.78, 5) is 0. The van der Waals surface area contributed by atoms with Crippen LogP contribution in [0.2, 0.25) is 5.02 Å². The van der Waals surface area contributed by atoms with Gasteiger partial charge in [0.25, 0.3) is 0 Å². The average Bonchev–Trinajstić information content (AvgIpc) is 2.69. The molecule has 14 heavy (non-hydrogen) atoms. The van der Waals surface area contributed by atoms with Crippen molar-refractivity contribution in [2.75, 3.05) is 0 Å².